The molecule has 28 heavy (non-hydrogen) atoms. The van der Waals surface area contributed by atoms with E-state index in [2.05, 4.69) is 20.4 Å². The second kappa shape index (κ2) is 6.76. The van der Waals surface area contributed by atoms with Crippen molar-refractivity contribution >= 4 is 17.4 Å². The third-order valence-electron chi connectivity index (χ3n) is 4.05. The van der Waals surface area contributed by atoms with Crippen LogP contribution in [0.15, 0.2) is 67.1 Å². The van der Waals surface area contributed by atoms with Crippen LogP contribution in [-0.4, -0.2) is 25.5 Å². The SMILES string of the molecule is O=C(Nc1cnc2ccc(-c3ccccc3C(F)(F)F)nn12)c1ccncc1. The normalized spacial score (nSPS) is 11.5. The van der Waals surface area contributed by atoms with E-state index in [1.807, 2.05) is 0 Å². The molecule has 0 aliphatic heterocycles. The van der Waals surface area contributed by atoms with Crippen LogP contribution in [0, 0.1) is 0 Å². The van der Waals surface area contributed by atoms with Crippen molar-refractivity contribution in [2.45, 2.75) is 6.18 Å². The van der Waals surface area contributed by atoms with Gasteiger partial charge < -0.3 is 5.32 Å². The minimum absolute atomic E-state index is 0.0583. The minimum Gasteiger partial charge on any atom is -0.305 e. The maximum atomic E-state index is 13.3. The van der Waals surface area contributed by atoms with Crippen LogP contribution >= 0.6 is 0 Å². The summed E-state index contributed by atoms with van der Waals surface area (Å²) in [7, 11) is 0. The topological polar surface area (TPSA) is 72.2 Å². The van der Waals surface area contributed by atoms with E-state index < -0.39 is 17.6 Å². The number of amides is 1. The van der Waals surface area contributed by atoms with Crippen LogP contribution in [0.5, 0.6) is 0 Å². The Morgan fingerprint density at radius 2 is 1.75 bits per heavy atom. The van der Waals surface area contributed by atoms with Crippen molar-refractivity contribution in [3.8, 4) is 11.3 Å². The van der Waals surface area contributed by atoms with Crippen LogP contribution in [0.2, 0.25) is 0 Å². The van der Waals surface area contributed by atoms with Crippen LogP contribution in [0.1, 0.15) is 15.9 Å². The molecule has 1 amide bonds. The lowest BCUT2D eigenvalue weighted by Crippen LogP contribution is -2.14. The van der Waals surface area contributed by atoms with Crippen molar-refractivity contribution in [2.75, 3.05) is 5.32 Å². The predicted octanol–water partition coefficient (Wildman–Crippen LogP) is 4.06. The van der Waals surface area contributed by atoms with Crippen LogP contribution in [0.3, 0.4) is 0 Å². The Morgan fingerprint density at radius 1 is 1.00 bits per heavy atom. The Balaban J connectivity index is 1.75. The first kappa shape index (κ1) is 17.7. The van der Waals surface area contributed by atoms with Crippen molar-refractivity contribution in [3.63, 3.8) is 0 Å². The molecule has 9 heteroatoms. The summed E-state index contributed by atoms with van der Waals surface area (Å²) in [5.41, 5.74) is 0.0287. The Morgan fingerprint density at radius 3 is 2.50 bits per heavy atom. The molecule has 3 aromatic heterocycles. The van der Waals surface area contributed by atoms with E-state index in [0.717, 1.165) is 6.07 Å². The molecular weight excluding hydrogens is 371 g/mol. The standard InChI is InChI=1S/C19H12F3N5O/c20-19(21,22)14-4-2-1-3-13(14)15-5-6-16-24-11-17(27(16)26-15)25-18(28)12-7-9-23-10-8-12/h1-11H,(H,25,28). The van der Waals surface area contributed by atoms with E-state index in [-0.39, 0.29) is 17.1 Å². The molecule has 0 atom stereocenters. The molecule has 0 fully saturated rings. The summed E-state index contributed by atoms with van der Waals surface area (Å²) in [5, 5.41) is 6.91. The number of alkyl halides is 3. The fourth-order valence-electron chi connectivity index (χ4n) is 2.75. The van der Waals surface area contributed by atoms with Gasteiger partial charge in [-0.3, -0.25) is 9.78 Å². The molecule has 0 aliphatic rings. The van der Waals surface area contributed by atoms with Gasteiger partial charge in [0.05, 0.1) is 17.5 Å². The Kier molecular flexibility index (Phi) is 4.26. The number of benzene rings is 1. The highest BCUT2D eigenvalue weighted by atomic mass is 19.4. The van der Waals surface area contributed by atoms with Gasteiger partial charge in [0, 0.05) is 23.5 Å². The number of aromatic nitrogens is 4. The molecule has 0 saturated carbocycles. The van der Waals surface area contributed by atoms with Gasteiger partial charge in [-0.1, -0.05) is 18.2 Å². The predicted molar refractivity (Wildman–Crippen MR) is 95.6 cm³/mol. The number of fused-ring (bicyclic) bond motifs is 1. The summed E-state index contributed by atoms with van der Waals surface area (Å²) in [5.74, 6) is -0.171. The van der Waals surface area contributed by atoms with Gasteiger partial charge in [0.15, 0.2) is 11.5 Å². The summed E-state index contributed by atoms with van der Waals surface area (Å²) in [6.07, 6.45) is -0.164. The Labute approximate surface area is 156 Å². The second-order valence-corrected chi connectivity index (χ2v) is 5.87. The van der Waals surface area contributed by atoms with Gasteiger partial charge >= 0.3 is 6.18 Å². The summed E-state index contributed by atoms with van der Waals surface area (Å²) >= 11 is 0. The highest BCUT2D eigenvalue weighted by molar-refractivity contribution is 6.03. The molecule has 0 radical (unpaired) electrons. The fraction of sp³-hybridized carbons (Fsp3) is 0.0526. The average Bonchev–Trinajstić information content (AvgIpc) is 3.10. The third kappa shape index (κ3) is 3.29. The molecule has 0 aliphatic carbocycles. The second-order valence-electron chi connectivity index (χ2n) is 5.87. The lowest BCUT2D eigenvalue weighted by Gasteiger charge is -2.12. The van der Waals surface area contributed by atoms with Crippen molar-refractivity contribution in [2.24, 2.45) is 0 Å². The Bertz CT molecular complexity index is 1160. The number of anilines is 1. The van der Waals surface area contributed by atoms with E-state index in [1.165, 1.54) is 65.6 Å². The first-order valence-electron chi connectivity index (χ1n) is 8.16. The largest absolute Gasteiger partial charge is 0.417 e. The number of nitrogens with zero attached hydrogens (tertiary/aromatic N) is 4. The number of hydrogen-bond acceptors (Lipinski definition) is 4. The zero-order valence-corrected chi connectivity index (χ0v) is 14.2. The molecule has 3 heterocycles. The van der Waals surface area contributed by atoms with E-state index in [0.29, 0.717) is 11.2 Å². The zero-order chi connectivity index (χ0) is 19.7. The molecule has 4 rings (SSSR count). The third-order valence-corrected chi connectivity index (χ3v) is 4.05. The van der Waals surface area contributed by atoms with Gasteiger partial charge in [0.1, 0.15) is 0 Å². The van der Waals surface area contributed by atoms with Crippen LogP contribution in [0.25, 0.3) is 16.9 Å². The van der Waals surface area contributed by atoms with Gasteiger partial charge in [-0.2, -0.15) is 22.8 Å². The van der Waals surface area contributed by atoms with Crippen molar-refractivity contribution in [1.82, 2.24) is 19.6 Å². The molecule has 0 unspecified atom stereocenters. The number of hydrogen-bond donors (Lipinski definition) is 1. The fourth-order valence-corrected chi connectivity index (χ4v) is 2.75. The number of carbonyl (C=O) groups excluding carboxylic acids is 1. The molecule has 1 aromatic carbocycles. The number of carbonyl (C=O) groups is 1. The maximum absolute atomic E-state index is 13.3. The monoisotopic (exact) mass is 383 g/mol. The number of rotatable bonds is 3. The van der Waals surface area contributed by atoms with E-state index in [1.54, 1.807) is 0 Å². The minimum atomic E-state index is -4.51. The molecule has 6 nitrogen and oxygen atoms in total. The highest BCUT2D eigenvalue weighted by Gasteiger charge is 2.33. The van der Waals surface area contributed by atoms with Gasteiger partial charge in [0.2, 0.25) is 0 Å². The van der Waals surface area contributed by atoms with E-state index in [9.17, 15) is 18.0 Å². The number of nitrogens with one attached hydrogen (secondary N) is 1. The first-order chi connectivity index (χ1) is 13.4. The molecule has 4 aromatic rings. The van der Waals surface area contributed by atoms with Crippen LogP contribution < -0.4 is 5.32 Å². The molecule has 0 bridgehead atoms. The quantitative estimate of drug-likeness (QED) is 0.579. The first-order valence-corrected chi connectivity index (χ1v) is 8.16. The summed E-state index contributed by atoms with van der Waals surface area (Å²) in [6.45, 7) is 0. The maximum Gasteiger partial charge on any atom is 0.417 e. The number of imidazole rings is 1. The van der Waals surface area contributed by atoms with Crippen LogP contribution in [0.4, 0.5) is 19.0 Å². The number of halogens is 3. The van der Waals surface area contributed by atoms with Gasteiger partial charge in [-0.05, 0) is 30.3 Å². The molecule has 0 spiro atoms. The van der Waals surface area contributed by atoms with Crippen molar-refractivity contribution in [3.05, 3.63) is 78.2 Å². The molecular formula is C19H12F3N5O. The van der Waals surface area contributed by atoms with Gasteiger partial charge in [-0.25, -0.2) is 4.98 Å². The lowest BCUT2D eigenvalue weighted by atomic mass is 10.0. The lowest BCUT2D eigenvalue weighted by molar-refractivity contribution is -0.137. The van der Waals surface area contributed by atoms with Gasteiger partial charge in [-0.15, -0.1) is 0 Å². The Hall–Kier alpha value is -3.75. The number of pyridine rings is 1. The molecule has 0 saturated heterocycles. The smallest absolute Gasteiger partial charge is 0.305 e. The van der Waals surface area contributed by atoms with Gasteiger partial charge in [0.25, 0.3) is 5.91 Å². The van der Waals surface area contributed by atoms with Crippen molar-refractivity contribution in [1.29, 1.82) is 0 Å². The summed E-state index contributed by atoms with van der Waals surface area (Å²) in [6, 6.07) is 11.3. The zero-order valence-electron chi connectivity index (χ0n) is 14.2. The summed E-state index contributed by atoms with van der Waals surface area (Å²) in [4.78, 5) is 20.3. The summed E-state index contributed by atoms with van der Waals surface area (Å²) < 4.78 is 41.2. The van der Waals surface area contributed by atoms with E-state index >= 15 is 0 Å². The average molecular weight is 383 g/mol. The molecule has 140 valence electrons. The molecule has 1 N–H and O–H groups in total. The highest BCUT2D eigenvalue weighted by Crippen LogP contribution is 2.36. The van der Waals surface area contributed by atoms with Crippen molar-refractivity contribution < 1.29 is 18.0 Å². The van der Waals surface area contributed by atoms with Crippen LogP contribution in [-0.2, 0) is 6.18 Å². The van der Waals surface area contributed by atoms with E-state index in [4.69, 9.17) is 0 Å².